The van der Waals surface area contributed by atoms with Crippen LogP contribution in [0.2, 0.25) is 5.02 Å². The van der Waals surface area contributed by atoms with E-state index in [0.29, 0.717) is 34.2 Å². The fourth-order valence-electron chi connectivity index (χ4n) is 2.01. The van der Waals surface area contributed by atoms with Crippen LogP contribution in [-0.4, -0.2) is 14.2 Å². The highest BCUT2D eigenvalue weighted by atomic mass is 35.5. The van der Waals surface area contributed by atoms with Gasteiger partial charge in [-0.15, -0.1) is 0 Å². The van der Waals surface area contributed by atoms with Gasteiger partial charge in [-0.2, -0.15) is 0 Å². The fraction of sp³-hybridized carbons (Fsp3) is 0.200. The Morgan fingerprint density at radius 2 is 1.85 bits per heavy atom. The van der Waals surface area contributed by atoms with Crippen molar-refractivity contribution in [2.24, 2.45) is 5.73 Å². The molecule has 0 fully saturated rings. The Morgan fingerprint density at radius 3 is 2.45 bits per heavy atom. The molecule has 0 radical (unpaired) electrons. The molecule has 0 unspecified atom stereocenters. The molecule has 2 aromatic rings. The molecule has 0 heterocycles. The number of rotatable bonds is 4. The van der Waals surface area contributed by atoms with Crippen LogP contribution in [0.3, 0.4) is 0 Å². The van der Waals surface area contributed by atoms with Crippen molar-refractivity contribution in [2.75, 3.05) is 14.2 Å². The van der Waals surface area contributed by atoms with Crippen molar-refractivity contribution in [1.29, 1.82) is 0 Å². The largest absolute Gasteiger partial charge is 0.495 e. The maximum atomic E-state index is 14.1. The lowest BCUT2D eigenvalue weighted by Gasteiger charge is -2.14. The van der Waals surface area contributed by atoms with Crippen LogP contribution >= 0.6 is 11.6 Å². The lowest BCUT2D eigenvalue weighted by atomic mass is 10.0. The first kappa shape index (κ1) is 14.6. The lowest BCUT2D eigenvalue weighted by Crippen LogP contribution is -1.99. The van der Waals surface area contributed by atoms with Gasteiger partial charge in [0.1, 0.15) is 22.3 Å². The van der Waals surface area contributed by atoms with Crippen molar-refractivity contribution >= 4 is 11.6 Å². The van der Waals surface area contributed by atoms with Gasteiger partial charge in [0.25, 0.3) is 0 Å². The quantitative estimate of drug-likeness (QED) is 0.937. The number of methoxy groups -OCH3 is 2. The SMILES string of the molecule is COc1ccc(-c2cc(CN)ccc2F)c(OC)c1Cl. The highest BCUT2D eigenvalue weighted by molar-refractivity contribution is 6.34. The number of halogens is 2. The topological polar surface area (TPSA) is 44.5 Å². The summed E-state index contributed by atoms with van der Waals surface area (Å²) in [7, 11) is 2.99. The summed E-state index contributed by atoms with van der Waals surface area (Å²) in [4.78, 5) is 0. The normalized spacial score (nSPS) is 10.4. The van der Waals surface area contributed by atoms with E-state index in [1.165, 1.54) is 20.3 Å². The lowest BCUT2D eigenvalue weighted by molar-refractivity contribution is 0.395. The number of benzene rings is 2. The molecule has 0 atom stereocenters. The standard InChI is InChI=1S/C15H15ClFNO2/c1-19-13-6-4-10(15(20-2)14(13)16)11-7-9(8-18)3-5-12(11)17/h3-7H,8,18H2,1-2H3. The van der Waals surface area contributed by atoms with E-state index in [-0.39, 0.29) is 5.82 Å². The van der Waals surface area contributed by atoms with Crippen molar-refractivity contribution in [1.82, 2.24) is 0 Å². The molecule has 0 saturated heterocycles. The average molecular weight is 296 g/mol. The van der Waals surface area contributed by atoms with Crippen molar-refractivity contribution in [2.45, 2.75) is 6.54 Å². The predicted octanol–water partition coefficient (Wildman–Crippen LogP) is 3.62. The van der Waals surface area contributed by atoms with Crippen molar-refractivity contribution in [3.8, 4) is 22.6 Å². The van der Waals surface area contributed by atoms with Gasteiger partial charge < -0.3 is 15.2 Å². The summed E-state index contributed by atoms with van der Waals surface area (Å²) in [6, 6.07) is 8.11. The molecule has 0 spiro atoms. The second-order valence-electron chi connectivity index (χ2n) is 4.18. The van der Waals surface area contributed by atoms with E-state index >= 15 is 0 Å². The van der Waals surface area contributed by atoms with Crippen LogP contribution in [0.1, 0.15) is 5.56 Å². The summed E-state index contributed by atoms with van der Waals surface area (Å²) in [5, 5.41) is 0.310. The van der Waals surface area contributed by atoms with Gasteiger partial charge in [0.15, 0.2) is 0 Å². The van der Waals surface area contributed by atoms with Crippen molar-refractivity contribution in [3.63, 3.8) is 0 Å². The van der Waals surface area contributed by atoms with E-state index in [1.54, 1.807) is 24.3 Å². The van der Waals surface area contributed by atoms with Gasteiger partial charge in [-0.1, -0.05) is 17.7 Å². The summed E-state index contributed by atoms with van der Waals surface area (Å²) in [5.41, 5.74) is 7.38. The Labute approximate surface area is 122 Å². The highest BCUT2D eigenvalue weighted by Gasteiger charge is 2.17. The van der Waals surface area contributed by atoms with Gasteiger partial charge in [0.2, 0.25) is 0 Å². The Balaban J connectivity index is 2.66. The Kier molecular flexibility index (Phi) is 4.47. The van der Waals surface area contributed by atoms with Crippen molar-refractivity contribution < 1.29 is 13.9 Å². The molecule has 0 bridgehead atoms. The molecule has 0 aliphatic rings. The molecular weight excluding hydrogens is 281 g/mol. The summed E-state index contributed by atoms with van der Waals surface area (Å²) in [6.07, 6.45) is 0. The molecule has 0 aliphatic heterocycles. The van der Waals surface area contributed by atoms with E-state index in [1.807, 2.05) is 0 Å². The zero-order chi connectivity index (χ0) is 14.7. The van der Waals surface area contributed by atoms with Gasteiger partial charge in [-0.25, -0.2) is 4.39 Å². The Bertz CT molecular complexity index is 632. The van der Waals surface area contributed by atoms with Crippen LogP contribution in [0.5, 0.6) is 11.5 Å². The van der Waals surface area contributed by atoms with E-state index in [2.05, 4.69) is 0 Å². The predicted molar refractivity (Wildman–Crippen MR) is 77.8 cm³/mol. The Hall–Kier alpha value is -1.78. The van der Waals surface area contributed by atoms with Gasteiger partial charge >= 0.3 is 0 Å². The molecule has 0 aromatic heterocycles. The van der Waals surface area contributed by atoms with Gasteiger partial charge in [0, 0.05) is 17.7 Å². The Morgan fingerprint density at radius 1 is 1.10 bits per heavy atom. The molecule has 2 aromatic carbocycles. The number of nitrogens with two attached hydrogens (primary N) is 1. The van der Waals surface area contributed by atoms with Crippen LogP contribution in [0.25, 0.3) is 11.1 Å². The van der Waals surface area contributed by atoms with Crippen LogP contribution in [0, 0.1) is 5.82 Å². The van der Waals surface area contributed by atoms with Crippen LogP contribution in [0.15, 0.2) is 30.3 Å². The fourth-order valence-corrected chi connectivity index (χ4v) is 2.33. The summed E-state index contributed by atoms with van der Waals surface area (Å²) in [6.45, 7) is 0.333. The number of ether oxygens (including phenoxy) is 2. The smallest absolute Gasteiger partial charge is 0.149 e. The summed E-state index contributed by atoms with van der Waals surface area (Å²) in [5.74, 6) is 0.489. The van der Waals surface area contributed by atoms with Gasteiger partial charge in [0.05, 0.1) is 14.2 Å². The molecule has 106 valence electrons. The van der Waals surface area contributed by atoms with E-state index in [0.717, 1.165) is 5.56 Å². The van der Waals surface area contributed by atoms with E-state index < -0.39 is 0 Å². The van der Waals surface area contributed by atoms with Crippen LogP contribution < -0.4 is 15.2 Å². The highest BCUT2D eigenvalue weighted by Crippen LogP contribution is 2.42. The van der Waals surface area contributed by atoms with Crippen molar-refractivity contribution in [3.05, 3.63) is 46.7 Å². The molecule has 3 nitrogen and oxygen atoms in total. The number of hydrogen-bond acceptors (Lipinski definition) is 3. The van der Waals surface area contributed by atoms with Gasteiger partial charge in [-0.05, 0) is 29.8 Å². The zero-order valence-corrected chi connectivity index (χ0v) is 12.0. The molecular formula is C15H15ClFNO2. The minimum atomic E-state index is -0.360. The van der Waals surface area contributed by atoms with Gasteiger partial charge in [-0.3, -0.25) is 0 Å². The third-order valence-corrected chi connectivity index (χ3v) is 3.40. The first-order chi connectivity index (χ1) is 9.62. The van der Waals surface area contributed by atoms with Crippen LogP contribution in [-0.2, 0) is 6.54 Å². The van der Waals surface area contributed by atoms with E-state index in [9.17, 15) is 4.39 Å². The molecule has 0 aliphatic carbocycles. The molecule has 5 heteroatoms. The van der Waals surface area contributed by atoms with Crippen LogP contribution in [0.4, 0.5) is 4.39 Å². The molecule has 2 rings (SSSR count). The third kappa shape index (κ3) is 2.57. The molecule has 0 amide bonds. The molecule has 0 saturated carbocycles. The first-order valence-electron chi connectivity index (χ1n) is 6.01. The third-order valence-electron chi connectivity index (χ3n) is 3.04. The average Bonchev–Trinajstić information content (AvgIpc) is 2.47. The maximum Gasteiger partial charge on any atom is 0.149 e. The molecule has 20 heavy (non-hydrogen) atoms. The minimum Gasteiger partial charge on any atom is -0.495 e. The molecule has 2 N–H and O–H groups in total. The second-order valence-corrected chi connectivity index (χ2v) is 4.56. The minimum absolute atomic E-state index is 0.310. The maximum absolute atomic E-state index is 14.1. The summed E-state index contributed by atoms with van der Waals surface area (Å²) >= 11 is 6.19. The summed E-state index contributed by atoms with van der Waals surface area (Å²) < 4.78 is 24.5. The second kappa shape index (κ2) is 6.11. The first-order valence-corrected chi connectivity index (χ1v) is 6.39. The zero-order valence-electron chi connectivity index (χ0n) is 11.2. The number of hydrogen-bond donors (Lipinski definition) is 1. The van der Waals surface area contributed by atoms with E-state index in [4.69, 9.17) is 26.8 Å². The monoisotopic (exact) mass is 295 g/mol.